The predicted molar refractivity (Wildman–Crippen MR) is 118 cm³/mol. The smallest absolute Gasteiger partial charge is 0.185 e. The molecule has 0 unspecified atom stereocenters. The highest BCUT2D eigenvalue weighted by Gasteiger charge is 2.21. The van der Waals surface area contributed by atoms with E-state index in [-0.39, 0.29) is 0 Å². The van der Waals surface area contributed by atoms with Crippen molar-refractivity contribution in [2.45, 2.75) is 6.54 Å². The van der Waals surface area contributed by atoms with E-state index in [0.29, 0.717) is 6.54 Å². The van der Waals surface area contributed by atoms with Crippen LogP contribution in [-0.2, 0) is 6.54 Å². The minimum Gasteiger partial charge on any atom is -0.497 e. The minimum atomic E-state index is 0.633. The lowest BCUT2D eigenvalue weighted by Gasteiger charge is -2.20. The molecule has 28 heavy (non-hydrogen) atoms. The Hall–Kier alpha value is -3.05. The molecule has 0 saturated heterocycles. The number of rotatable bonds is 4. The molecular weight excluding hydrogens is 366 g/mol. The average molecular weight is 388 g/mol. The summed E-state index contributed by atoms with van der Waals surface area (Å²) in [7, 11) is 1.68. The number of hydrogen-bond donors (Lipinski definition) is 0. The van der Waals surface area contributed by atoms with E-state index >= 15 is 0 Å². The Kier molecular flexibility index (Phi) is 5.44. The van der Waals surface area contributed by atoms with Crippen molar-refractivity contribution in [3.05, 3.63) is 95.6 Å². The number of nitrogens with zero attached hydrogens (tertiary/aromatic N) is 3. The number of aliphatic imine (C=N–C) groups is 1. The molecule has 1 aliphatic rings. The van der Waals surface area contributed by atoms with Gasteiger partial charge in [0, 0.05) is 11.1 Å². The van der Waals surface area contributed by atoms with Crippen molar-refractivity contribution in [1.82, 2.24) is 5.01 Å². The molecule has 3 aromatic carbocycles. The summed E-state index contributed by atoms with van der Waals surface area (Å²) < 4.78 is 5.27. The zero-order valence-electron chi connectivity index (χ0n) is 15.9. The van der Waals surface area contributed by atoms with Crippen LogP contribution in [0.4, 0.5) is 5.69 Å². The first-order valence-electron chi connectivity index (χ1n) is 9.05. The molecule has 5 heteroatoms. The van der Waals surface area contributed by atoms with E-state index in [4.69, 9.17) is 14.8 Å². The molecule has 1 heterocycles. The fourth-order valence-corrected chi connectivity index (χ4v) is 3.62. The van der Waals surface area contributed by atoms with Gasteiger partial charge < -0.3 is 4.74 Å². The standard InChI is InChI=1S/C23H21N3OS/c1-27-19-14-12-17(13-15-19)16-26-23(28-2)24-21-11-7-6-10-20(21)22(25-26)18-8-4-3-5-9-18/h3-15H,16H2,1-2H3. The maximum absolute atomic E-state index is 5.27. The van der Waals surface area contributed by atoms with Gasteiger partial charge in [-0.1, -0.05) is 72.4 Å². The van der Waals surface area contributed by atoms with Gasteiger partial charge in [-0.2, -0.15) is 5.10 Å². The van der Waals surface area contributed by atoms with Gasteiger partial charge in [0.05, 0.1) is 19.3 Å². The molecule has 0 radical (unpaired) electrons. The van der Waals surface area contributed by atoms with Crippen molar-refractivity contribution in [2.24, 2.45) is 10.1 Å². The molecular formula is C23H21N3OS. The van der Waals surface area contributed by atoms with Crippen LogP contribution in [0, 0.1) is 0 Å². The Morgan fingerprint density at radius 2 is 1.61 bits per heavy atom. The molecule has 0 atom stereocenters. The zero-order valence-corrected chi connectivity index (χ0v) is 16.7. The van der Waals surface area contributed by atoms with Crippen LogP contribution in [0.2, 0.25) is 0 Å². The normalized spacial score (nSPS) is 13.3. The first-order chi connectivity index (χ1) is 13.8. The summed E-state index contributed by atoms with van der Waals surface area (Å²) in [6.07, 6.45) is 2.03. The van der Waals surface area contributed by atoms with E-state index in [1.54, 1.807) is 18.9 Å². The minimum absolute atomic E-state index is 0.633. The highest BCUT2D eigenvalue weighted by Crippen LogP contribution is 2.29. The number of thioether (sulfide) groups is 1. The maximum Gasteiger partial charge on any atom is 0.185 e. The molecule has 3 aromatic rings. The second kappa shape index (κ2) is 8.31. The Labute approximate surface area is 169 Å². The summed E-state index contributed by atoms with van der Waals surface area (Å²) in [5.41, 5.74) is 5.12. The van der Waals surface area contributed by atoms with Crippen molar-refractivity contribution in [2.75, 3.05) is 13.4 Å². The van der Waals surface area contributed by atoms with Crippen molar-refractivity contribution in [3.63, 3.8) is 0 Å². The molecule has 0 aromatic heterocycles. The molecule has 0 aliphatic carbocycles. The molecule has 4 rings (SSSR count). The van der Waals surface area contributed by atoms with Crippen LogP contribution in [0.1, 0.15) is 16.7 Å². The third kappa shape index (κ3) is 3.80. The third-order valence-electron chi connectivity index (χ3n) is 4.54. The number of hydrazone groups is 1. The molecule has 0 bridgehead atoms. The van der Waals surface area contributed by atoms with E-state index in [9.17, 15) is 0 Å². The van der Waals surface area contributed by atoms with Crippen LogP contribution in [0.25, 0.3) is 0 Å². The molecule has 140 valence electrons. The number of hydrogen-bond acceptors (Lipinski definition) is 5. The second-order valence-electron chi connectivity index (χ2n) is 6.34. The Bertz CT molecular complexity index is 1010. The average Bonchev–Trinajstić information content (AvgIpc) is 2.92. The predicted octanol–water partition coefficient (Wildman–Crippen LogP) is 5.31. The summed E-state index contributed by atoms with van der Waals surface area (Å²) in [5.74, 6) is 0.847. The van der Waals surface area contributed by atoms with Gasteiger partial charge in [0.15, 0.2) is 5.17 Å². The summed E-state index contributed by atoms with van der Waals surface area (Å²) in [6.45, 7) is 0.633. The van der Waals surface area contributed by atoms with Crippen LogP contribution in [-0.4, -0.2) is 29.3 Å². The fraction of sp³-hybridized carbons (Fsp3) is 0.130. The molecule has 1 aliphatic heterocycles. The zero-order chi connectivity index (χ0) is 19.3. The first-order valence-corrected chi connectivity index (χ1v) is 10.3. The quantitative estimate of drug-likeness (QED) is 0.608. The van der Waals surface area contributed by atoms with E-state index < -0.39 is 0 Å². The number of methoxy groups -OCH3 is 1. The number of para-hydroxylation sites is 1. The van der Waals surface area contributed by atoms with Gasteiger partial charge in [-0.15, -0.1) is 0 Å². The van der Waals surface area contributed by atoms with Crippen LogP contribution in [0.3, 0.4) is 0 Å². The monoisotopic (exact) mass is 387 g/mol. The van der Waals surface area contributed by atoms with E-state index in [1.165, 1.54) is 0 Å². The Morgan fingerprint density at radius 1 is 0.893 bits per heavy atom. The van der Waals surface area contributed by atoms with E-state index in [0.717, 1.165) is 39.0 Å². The SMILES string of the molecule is COc1ccc(CN2N=C(c3ccccc3)c3ccccc3N=C2SC)cc1. The topological polar surface area (TPSA) is 37.2 Å². The highest BCUT2D eigenvalue weighted by atomic mass is 32.2. The lowest BCUT2D eigenvalue weighted by Crippen LogP contribution is -2.23. The molecule has 4 nitrogen and oxygen atoms in total. The molecule has 0 saturated carbocycles. The summed E-state index contributed by atoms with van der Waals surface area (Å²) in [5, 5.41) is 7.89. The lowest BCUT2D eigenvalue weighted by atomic mass is 10.0. The molecule has 0 fully saturated rings. The van der Waals surface area contributed by atoms with Gasteiger partial charge in [0.25, 0.3) is 0 Å². The Balaban J connectivity index is 1.79. The summed E-state index contributed by atoms with van der Waals surface area (Å²) in [4.78, 5) is 4.91. The molecule has 0 amide bonds. The van der Waals surface area contributed by atoms with E-state index in [1.807, 2.05) is 59.8 Å². The van der Waals surface area contributed by atoms with Gasteiger partial charge in [-0.05, 0) is 30.0 Å². The van der Waals surface area contributed by atoms with Crippen molar-refractivity contribution in [3.8, 4) is 5.75 Å². The number of benzene rings is 3. The molecule has 0 spiro atoms. The maximum atomic E-state index is 5.27. The van der Waals surface area contributed by atoms with Crippen LogP contribution in [0.15, 0.2) is 89.0 Å². The third-order valence-corrected chi connectivity index (χ3v) is 5.21. The van der Waals surface area contributed by atoms with Gasteiger partial charge in [0.2, 0.25) is 0 Å². The number of fused-ring (bicyclic) bond motifs is 1. The summed E-state index contributed by atoms with van der Waals surface area (Å²) >= 11 is 1.60. The first kappa shape index (κ1) is 18.3. The fourth-order valence-electron chi connectivity index (χ4n) is 3.12. The van der Waals surface area contributed by atoms with Crippen molar-refractivity contribution >= 4 is 28.3 Å². The second-order valence-corrected chi connectivity index (χ2v) is 7.11. The lowest BCUT2D eigenvalue weighted by molar-refractivity contribution is 0.413. The van der Waals surface area contributed by atoms with Gasteiger partial charge in [0.1, 0.15) is 11.5 Å². The number of amidine groups is 1. The van der Waals surface area contributed by atoms with Crippen LogP contribution in [0.5, 0.6) is 5.75 Å². The van der Waals surface area contributed by atoms with Gasteiger partial charge in [-0.3, -0.25) is 0 Å². The van der Waals surface area contributed by atoms with E-state index in [2.05, 4.69) is 30.3 Å². The largest absolute Gasteiger partial charge is 0.497 e. The van der Waals surface area contributed by atoms with Crippen molar-refractivity contribution in [1.29, 1.82) is 0 Å². The van der Waals surface area contributed by atoms with Crippen molar-refractivity contribution < 1.29 is 4.74 Å². The van der Waals surface area contributed by atoms with Gasteiger partial charge in [-0.25, -0.2) is 10.0 Å². The molecule has 0 N–H and O–H groups in total. The van der Waals surface area contributed by atoms with Gasteiger partial charge >= 0.3 is 0 Å². The van der Waals surface area contributed by atoms with Crippen LogP contribution < -0.4 is 4.74 Å². The summed E-state index contributed by atoms with van der Waals surface area (Å²) in [6, 6.07) is 26.5. The Morgan fingerprint density at radius 3 is 2.32 bits per heavy atom. The highest BCUT2D eigenvalue weighted by molar-refractivity contribution is 8.13. The number of ether oxygens (including phenoxy) is 1. The van der Waals surface area contributed by atoms with Crippen LogP contribution >= 0.6 is 11.8 Å².